The maximum Gasteiger partial charge on any atom is 0.375 e. The normalized spacial score (nSPS) is 12.4. The Hall–Kier alpha value is -2.07. The molecule has 1 aliphatic heterocycles. The lowest BCUT2D eigenvalue weighted by Crippen LogP contribution is -2.09. The van der Waals surface area contributed by atoms with Crippen molar-refractivity contribution >= 4 is 34.5 Å². The van der Waals surface area contributed by atoms with Crippen LogP contribution in [0.1, 0.15) is 12.7 Å². The van der Waals surface area contributed by atoms with Gasteiger partial charge in [-0.25, -0.2) is 4.79 Å². The molecule has 1 aromatic heterocycles. The van der Waals surface area contributed by atoms with Crippen molar-refractivity contribution in [3.63, 3.8) is 0 Å². The number of benzene rings is 1. The van der Waals surface area contributed by atoms with Crippen molar-refractivity contribution < 1.29 is 14.5 Å². The van der Waals surface area contributed by atoms with E-state index >= 15 is 0 Å². The van der Waals surface area contributed by atoms with E-state index in [0.717, 1.165) is 16.7 Å². The van der Waals surface area contributed by atoms with Crippen LogP contribution >= 0.6 is 23.5 Å². The highest BCUT2D eigenvalue weighted by Crippen LogP contribution is 2.38. The molecule has 22 heavy (non-hydrogen) atoms. The fourth-order valence-electron chi connectivity index (χ4n) is 1.98. The van der Waals surface area contributed by atoms with Crippen LogP contribution in [0.4, 0.5) is 10.5 Å². The van der Waals surface area contributed by atoms with Crippen molar-refractivity contribution in [2.45, 2.75) is 22.7 Å². The monoisotopic (exact) mass is 338 g/mol. The number of nitrogens with zero attached hydrogens (tertiary/aromatic N) is 4. The minimum absolute atomic E-state index is 0.0204. The van der Waals surface area contributed by atoms with E-state index in [1.807, 2.05) is 0 Å². The number of fused-ring (bicyclic) bond motifs is 3. The molecule has 0 unspecified atom stereocenters. The first-order valence-corrected chi connectivity index (χ1v) is 8.11. The molecule has 0 N–H and O–H groups in total. The molecule has 0 spiro atoms. The molecule has 0 saturated carbocycles. The Morgan fingerprint density at radius 3 is 3.09 bits per heavy atom. The standard InChI is InChI=1S/C12H10N4O4S2/c1-2-20-12(17)22-11-14-13-10-6-21-9-4-3-7(16(18)19)5-8(9)15(10)11/h3-5H,2,6H2,1H3. The van der Waals surface area contributed by atoms with E-state index in [1.165, 1.54) is 23.9 Å². The summed E-state index contributed by atoms with van der Waals surface area (Å²) in [6, 6.07) is 4.61. The van der Waals surface area contributed by atoms with E-state index in [1.54, 1.807) is 17.6 Å². The second-order valence-corrected chi connectivity index (χ2v) is 6.14. The fraction of sp³-hybridized carbons (Fsp3) is 0.250. The lowest BCUT2D eigenvalue weighted by Gasteiger charge is -2.18. The van der Waals surface area contributed by atoms with Crippen LogP contribution < -0.4 is 0 Å². The number of nitro groups is 1. The maximum absolute atomic E-state index is 11.6. The molecule has 2 aromatic rings. The Kier molecular flexibility index (Phi) is 4.03. The first-order valence-electron chi connectivity index (χ1n) is 6.30. The van der Waals surface area contributed by atoms with Crippen LogP contribution in [0, 0.1) is 10.1 Å². The predicted octanol–water partition coefficient (Wildman–Crippen LogP) is 3.03. The van der Waals surface area contributed by atoms with Gasteiger partial charge in [-0.3, -0.25) is 14.7 Å². The van der Waals surface area contributed by atoms with Gasteiger partial charge in [0.05, 0.1) is 23.0 Å². The summed E-state index contributed by atoms with van der Waals surface area (Å²) in [4.78, 5) is 23.0. The van der Waals surface area contributed by atoms with Gasteiger partial charge in [-0.15, -0.1) is 22.0 Å². The number of rotatable bonds is 3. The highest BCUT2D eigenvalue weighted by atomic mass is 32.2. The molecule has 1 aromatic carbocycles. The summed E-state index contributed by atoms with van der Waals surface area (Å²) in [7, 11) is 0. The maximum atomic E-state index is 11.6. The van der Waals surface area contributed by atoms with Crippen molar-refractivity contribution in [1.82, 2.24) is 14.8 Å². The number of carbonyl (C=O) groups is 1. The Bertz CT molecular complexity index is 762. The third-order valence-electron chi connectivity index (χ3n) is 2.89. The summed E-state index contributed by atoms with van der Waals surface area (Å²) in [5.74, 6) is 1.23. The van der Waals surface area contributed by atoms with Gasteiger partial charge in [0.2, 0.25) is 5.16 Å². The van der Waals surface area contributed by atoms with Gasteiger partial charge in [0.15, 0.2) is 0 Å². The second kappa shape index (κ2) is 5.97. The van der Waals surface area contributed by atoms with Crippen molar-refractivity contribution in [3.8, 4) is 5.69 Å². The van der Waals surface area contributed by atoms with Gasteiger partial charge in [0.1, 0.15) is 5.82 Å². The first-order chi connectivity index (χ1) is 10.6. The lowest BCUT2D eigenvalue weighted by atomic mass is 10.2. The molecule has 0 radical (unpaired) electrons. The zero-order chi connectivity index (χ0) is 15.7. The van der Waals surface area contributed by atoms with Crippen LogP contribution in [-0.4, -0.2) is 31.6 Å². The van der Waals surface area contributed by atoms with E-state index in [2.05, 4.69) is 10.2 Å². The molecular weight excluding hydrogens is 328 g/mol. The number of carbonyl (C=O) groups excluding carboxylic acids is 1. The smallest absolute Gasteiger partial charge is 0.375 e. The number of ether oxygens (including phenoxy) is 1. The van der Waals surface area contributed by atoms with Crippen molar-refractivity contribution in [3.05, 3.63) is 34.1 Å². The van der Waals surface area contributed by atoms with Crippen LogP contribution in [0.15, 0.2) is 28.3 Å². The summed E-state index contributed by atoms with van der Waals surface area (Å²) in [5, 5.41) is 18.8. The van der Waals surface area contributed by atoms with E-state index in [9.17, 15) is 14.9 Å². The molecule has 0 saturated heterocycles. The fourth-order valence-corrected chi connectivity index (χ4v) is 3.62. The Morgan fingerprint density at radius 1 is 1.55 bits per heavy atom. The molecule has 0 atom stereocenters. The van der Waals surface area contributed by atoms with Gasteiger partial charge in [0.25, 0.3) is 5.69 Å². The minimum Gasteiger partial charge on any atom is -0.458 e. The van der Waals surface area contributed by atoms with Gasteiger partial charge in [-0.1, -0.05) is 0 Å². The largest absolute Gasteiger partial charge is 0.458 e. The number of nitro benzene ring substituents is 1. The molecule has 0 fully saturated rings. The van der Waals surface area contributed by atoms with Crippen LogP contribution in [0.3, 0.4) is 0 Å². The van der Waals surface area contributed by atoms with Crippen molar-refractivity contribution in [2.24, 2.45) is 0 Å². The number of non-ortho nitro benzene ring substituents is 1. The van der Waals surface area contributed by atoms with E-state index in [4.69, 9.17) is 4.74 Å². The molecule has 114 valence electrons. The first kappa shape index (κ1) is 14.9. The number of hydrogen-bond acceptors (Lipinski definition) is 8. The number of hydrogen-bond donors (Lipinski definition) is 0. The second-order valence-electron chi connectivity index (χ2n) is 4.22. The Balaban J connectivity index is 2.04. The van der Waals surface area contributed by atoms with Gasteiger partial charge in [-0.2, -0.15) is 0 Å². The average Bonchev–Trinajstić information content (AvgIpc) is 2.90. The predicted molar refractivity (Wildman–Crippen MR) is 80.5 cm³/mol. The summed E-state index contributed by atoms with van der Waals surface area (Å²) < 4.78 is 6.55. The zero-order valence-electron chi connectivity index (χ0n) is 11.4. The number of thioether (sulfide) groups is 2. The topological polar surface area (TPSA) is 100 Å². The highest BCUT2D eigenvalue weighted by molar-refractivity contribution is 8.13. The Morgan fingerprint density at radius 2 is 2.36 bits per heavy atom. The van der Waals surface area contributed by atoms with Crippen molar-refractivity contribution in [1.29, 1.82) is 0 Å². The molecule has 2 heterocycles. The molecular formula is C12H10N4O4S2. The number of aromatic nitrogens is 3. The lowest BCUT2D eigenvalue weighted by molar-refractivity contribution is -0.384. The summed E-state index contributed by atoms with van der Waals surface area (Å²) in [6.45, 7) is 1.98. The van der Waals surface area contributed by atoms with Gasteiger partial charge in [-0.05, 0) is 13.0 Å². The van der Waals surface area contributed by atoms with Gasteiger partial charge < -0.3 is 4.74 Å². The van der Waals surface area contributed by atoms with Gasteiger partial charge >= 0.3 is 5.30 Å². The van der Waals surface area contributed by atoms with Gasteiger partial charge in [0, 0.05) is 28.8 Å². The van der Waals surface area contributed by atoms with E-state index < -0.39 is 10.2 Å². The van der Waals surface area contributed by atoms with Crippen LogP contribution in [0.2, 0.25) is 0 Å². The SMILES string of the molecule is CCOC(=O)Sc1nnc2n1-c1cc([N+](=O)[O-])ccc1SC2. The van der Waals surface area contributed by atoms with Crippen LogP contribution in [-0.2, 0) is 10.5 Å². The minimum atomic E-state index is -0.483. The third-order valence-corrected chi connectivity index (χ3v) is 4.68. The molecule has 3 rings (SSSR count). The summed E-state index contributed by atoms with van der Waals surface area (Å²) in [6.07, 6.45) is 0. The average molecular weight is 338 g/mol. The van der Waals surface area contributed by atoms with Crippen LogP contribution in [0.25, 0.3) is 5.69 Å². The zero-order valence-corrected chi connectivity index (χ0v) is 13.0. The molecule has 0 aliphatic carbocycles. The summed E-state index contributed by atoms with van der Waals surface area (Å²) in [5.41, 5.74) is 0.588. The quantitative estimate of drug-likeness (QED) is 0.364. The molecule has 0 amide bonds. The van der Waals surface area contributed by atoms with E-state index in [0.29, 0.717) is 22.4 Å². The van der Waals surface area contributed by atoms with Crippen LogP contribution in [0.5, 0.6) is 0 Å². The molecule has 10 heteroatoms. The van der Waals surface area contributed by atoms with E-state index in [-0.39, 0.29) is 12.3 Å². The molecule has 8 nitrogen and oxygen atoms in total. The third kappa shape index (κ3) is 2.66. The summed E-state index contributed by atoms with van der Waals surface area (Å²) >= 11 is 2.34. The van der Waals surface area contributed by atoms with Crippen molar-refractivity contribution in [2.75, 3.05) is 6.61 Å². The molecule has 1 aliphatic rings. The highest BCUT2D eigenvalue weighted by Gasteiger charge is 2.25. The Labute approximate surface area is 133 Å². The molecule has 0 bridgehead atoms.